The van der Waals surface area contributed by atoms with Crippen LogP contribution < -0.4 is 10.1 Å². The van der Waals surface area contributed by atoms with Crippen LogP contribution in [-0.2, 0) is 27.2 Å². The molecule has 7 heteroatoms. The maximum atomic E-state index is 12.0. The number of nitrogens with zero attached hydrogens (tertiary/aromatic N) is 1. The van der Waals surface area contributed by atoms with Crippen LogP contribution in [0.1, 0.15) is 18.2 Å². The number of aromatic nitrogens is 1. The van der Waals surface area contributed by atoms with Gasteiger partial charge in [0.1, 0.15) is 5.75 Å². The second-order valence-corrected chi connectivity index (χ2v) is 5.56. The summed E-state index contributed by atoms with van der Waals surface area (Å²) in [5.41, 5.74) is 1.44. The Labute approximate surface area is 138 Å². The van der Waals surface area contributed by atoms with E-state index in [-0.39, 0.29) is 24.7 Å². The number of methoxy groups -OCH3 is 1. The number of hydrogen-bond acceptors (Lipinski definition) is 6. The molecular formula is C16H18N2O4S. The molecule has 0 fully saturated rings. The van der Waals surface area contributed by atoms with Gasteiger partial charge in [-0.1, -0.05) is 12.1 Å². The maximum Gasteiger partial charge on any atom is 0.311 e. The molecule has 0 bridgehead atoms. The molecule has 1 N–H and O–H groups in total. The molecule has 122 valence electrons. The van der Waals surface area contributed by atoms with Gasteiger partial charge in [-0.2, -0.15) is 0 Å². The molecule has 0 aliphatic heterocycles. The first-order valence-corrected chi connectivity index (χ1v) is 8.01. The van der Waals surface area contributed by atoms with E-state index in [2.05, 4.69) is 10.3 Å². The summed E-state index contributed by atoms with van der Waals surface area (Å²) in [7, 11) is 1.58. The van der Waals surface area contributed by atoms with Crippen molar-refractivity contribution in [2.24, 2.45) is 0 Å². The van der Waals surface area contributed by atoms with Crippen LogP contribution >= 0.6 is 11.3 Å². The predicted octanol–water partition coefficient (Wildman–Crippen LogP) is 2.44. The fraction of sp³-hybridized carbons (Fsp3) is 0.312. The third-order valence-corrected chi connectivity index (χ3v) is 3.73. The van der Waals surface area contributed by atoms with E-state index in [0.29, 0.717) is 23.2 Å². The van der Waals surface area contributed by atoms with Crippen molar-refractivity contribution in [3.63, 3.8) is 0 Å². The molecule has 1 aromatic carbocycles. The molecule has 1 heterocycles. The van der Waals surface area contributed by atoms with Crippen LogP contribution in [0, 0.1) is 0 Å². The molecule has 1 aromatic heterocycles. The molecule has 0 aliphatic rings. The van der Waals surface area contributed by atoms with E-state index >= 15 is 0 Å². The summed E-state index contributed by atoms with van der Waals surface area (Å²) in [5.74, 6) is 0.212. The van der Waals surface area contributed by atoms with E-state index in [1.54, 1.807) is 19.4 Å². The Morgan fingerprint density at radius 1 is 1.30 bits per heavy atom. The van der Waals surface area contributed by atoms with Crippen LogP contribution in [0.25, 0.3) is 0 Å². The van der Waals surface area contributed by atoms with Gasteiger partial charge in [0, 0.05) is 5.38 Å². The molecule has 0 unspecified atom stereocenters. The van der Waals surface area contributed by atoms with Gasteiger partial charge in [-0.25, -0.2) is 4.98 Å². The van der Waals surface area contributed by atoms with E-state index in [1.807, 2.05) is 24.3 Å². The Balaban J connectivity index is 1.90. The molecule has 2 aromatic rings. The number of thiazole rings is 1. The standard InChI is InChI=1S/C16H18N2O4S/c1-3-22-15(20)9-12-10-23-16(17-12)18-14(19)8-11-5-4-6-13(7-11)21-2/h4-7,10H,3,8-9H2,1-2H3,(H,17,18,19). The van der Waals surface area contributed by atoms with Crippen molar-refractivity contribution >= 4 is 28.3 Å². The van der Waals surface area contributed by atoms with Gasteiger partial charge < -0.3 is 14.8 Å². The number of rotatable bonds is 7. The Bertz CT molecular complexity index is 684. The normalized spacial score (nSPS) is 10.2. The van der Waals surface area contributed by atoms with Crippen molar-refractivity contribution in [3.05, 3.63) is 40.9 Å². The minimum absolute atomic E-state index is 0.107. The van der Waals surface area contributed by atoms with Crippen molar-refractivity contribution < 1.29 is 19.1 Å². The van der Waals surface area contributed by atoms with Gasteiger partial charge in [0.05, 0.1) is 32.3 Å². The van der Waals surface area contributed by atoms with Crippen LogP contribution in [0.2, 0.25) is 0 Å². The van der Waals surface area contributed by atoms with Crippen LogP contribution in [0.15, 0.2) is 29.6 Å². The molecule has 23 heavy (non-hydrogen) atoms. The molecule has 0 atom stereocenters. The SMILES string of the molecule is CCOC(=O)Cc1csc(NC(=O)Cc2cccc(OC)c2)n1. The molecular weight excluding hydrogens is 316 g/mol. The number of hydrogen-bond donors (Lipinski definition) is 1. The molecule has 2 rings (SSSR count). The molecule has 1 amide bonds. The zero-order valence-electron chi connectivity index (χ0n) is 13.0. The minimum Gasteiger partial charge on any atom is -0.497 e. The zero-order chi connectivity index (χ0) is 16.7. The van der Waals surface area contributed by atoms with Gasteiger partial charge in [0.2, 0.25) is 5.91 Å². The topological polar surface area (TPSA) is 77.5 Å². The number of ether oxygens (including phenoxy) is 2. The van der Waals surface area contributed by atoms with Crippen LogP contribution in [-0.4, -0.2) is 30.6 Å². The summed E-state index contributed by atoms with van der Waals surface area (Å²) in [6.45, 7) is 2.09. The first-order valence-electron chi connectivity index (χ1n) is 7.13. The molecule has 0 spiro atoms. The number of benzene rings is 1. The molecule has 6 nitrogen and oxygen atoms in total. The highest BCUT2D eigenvalue weighted by Gasteiger charge is 2.11. The lowest BCUT2D eigenvalue weighted by Gasteiger charge is -2.04. The average Bonchev–Trinajstić information content (AvgIpc) is 2.94. The lowest BCUT2D eigenvalue weighted by Crippen LogP contribution is -2.14. The Kier molecular flexibility index (Phi) is 6.10. The van der Waals surface area contributed by atoms with Gasteiger partial charge >= 0.3 is 5.97 Å². The largest absolute Gasteiger partial charge is 0.497 e. The average molecular weight is 334 g/mol. The highest BCUT2D eigenvalue weighted by atomic mass is 32.1. The van der Waals surface area contributed by atoms with Gasteiger partial charge in [-0.3, -0.25) is 9.59 Å². The Hall–Kier alpha value is -2.41. The van der Waals surface area contributed by atoms with E-state index in [4.69, 9.17) is 9.47 Å². The minimum atomic E-state index is -0.327. The summed E-state index contributed by atoms with van der Waals surface area (Å²) < 4.78 is 9.99. The predicted molar refractivity (Wildman–Crippen MR) is 87.8 cm³/mol. The van der Waals surface area contributed by atoms with Crippen LogP contribution in [0.3, 0.4) is 0 Å². The monoisotopic (exact) mass is 334 g/mol. The Morgan fingerprint density at radius 2 is 2.13 bits per heavy atom. The van der Waals surface area contributed by atoms with Crippen molar-refractivity contribution in [1.82, 2.24) is 4.98 Å². The second-order valence-electron chi connectivity index (χ2n) is 4.70. The fourth-order valence-electron chi connectivity index (χ4n) is 1.94. The van der Waals surface area contributed by atoms with Gasteiger partial charge in [0.15, 0.2) is 5.13 Å². The highest BCUT2D eigenvalue weighted by Crippen LogP contribution is 2.17. The summed E-state index contributed by atoms with van der Waals surface area (Å²) in [6, 6.07) is 7.33. The van der Waals surface area contributed by atoms with Crippen molar-refractivity contribution in [2.45, 2.75) is 19.8 Å². The highest BCUT2D eigenvalue weighted by molar-refractivity contribution is 7.13. The van der Waals surface area contributed by atoms with Crippen LogP contribution in [0.4, 0.5) is 5.13 Å². The summed E-state index contributed by atoms with van der Waals surface area (Å²) >= 11 is 1.28. The number of carbonyl (C=O) groups excluding carboxylic acids is 2. The number of anilines is 1. The third-order valence-electron chi connectivity index (χ3n) is 2.93. The van der Waals surface area contributed by atoms with E-state index < -0.39 is 0 Å². The lowest BCUT2D eigenvalue weighted by molar-refractivity contribution is -0.142. The first kappa shape index (κ1) is 17.0. The van der Waals surface area contributed by atoms with Crippen molar-refractivity contribution in [2.75, 3.05) is 19.0 Å². The lowest BCUT2D eigenvalue weighted by atomic mass is 10.1. The number of carbonyl (C=O) groups is 2. The Morgan fingerprint density at radius 3 is 2.87 bits per heavy atom. The van der Waals surface area contributed by atoms with Crippen molar-refractivity contribution in [3.8, 4) is 5.75 Å². The third kappa shape index (κ3) is 5.37. The maximum absolute atomic E-state index is 12.0. The molecule has 0 aliphatic carbocycles. The molecule has 0 saturated carbocycles. The van der Waals surface area contributed by atoms with E-state index in [9.17, 15) is 9.59 Å². The summed E-state index contributed by atoms with van der Waals surface area (Å²) in [5, 5.41) is 4.93. The molecule has 0 radical (unpaired) electrons. The summed E-state index contributed by atoms with van der Waals surface area (Å²) in [6.07, 6.45) is 0.333. The quantitative estimate of drug-likeness (QED) is 0.787. The zero-order valence-corrected chi connectivity index (χ0v) is 13.8. The van der Waals surface area contributed by atoms with Gasteiger partial charge in [0.25, 0.3) is 0 Å². The first-order chi connectivity index (χ1) is 11.1. The second kappa shape index (κ2) is 8.28. The number of amides is 1. The smallest absolute Gasteiger partial charge is 0.311 e. The van der Waals surface area contributed by atoms with E-state index in [0.717, 1.165) is 5.56 Å². The number of esters is 1. The fourth-order valence-corrected chi connectivity index (χ4v) is 2.66. The van der Waals surface area contributed by atoms with Gasteiger partial charge in [-0.15, -0.1) is 11.3 Å². The summed E-state index contributed by atoms with van der Waals surface area (Å²) in [4.78, 5) is 27.6. The number of nitrogens with one attached hydrogen (secondary N) is 1. The van der Waals surface area contributed by atoms with Gasteiger partial charge in [-0.05, 0) is 24.6 Å². The molecule has 0 saturated heterocycles. The van der Waals surface area contributed by atoms with E-state index in [1.165, 1.54) is 11.3 Å². The van der Waals surface area contributed by atoms with Crippen molar-refractivity contribution in [1.29, 1.82) is 0 Å². The van der Waals surface area contributed by atoms with Crippen LogP contribution in [0.5, 0.6) is 5.75 Å².